The summed E-state index contributed by atoms with van der Waals surface area (Å²) in [6.07, 6.45) is -0.522. The van der Waals surface area contributed by atoms with Crippen LogP contribution in [0.1, 0.15) is 23.3 Å². The van der Waals surface area contributed by atoms with E-state index in [0.717, 1.165) is 0 Å². The van der Waals surface area contributed by atoms with Gasteiger partial charge in [0.05, 0.1) is 5.51 Å². The number of aromatic nitrogens is 1. The molecule has 3 nitrogen and oxygen atoms in total. The van der Waals surface area contributed by atoms with Crippen molar-refractivity contribution >= 4 is 17.2 Å². The first kappa shape index (κ1) is 9.51. The Morgan fingerprint density at radius 2 is 2.36 bits per heavy atom. The van der Waals surface area contributed by atoms with E-state index in [2.05, 4.69) is 10.3 Å². The number of carbonyl (C=O) groups excluding carboxylic acids is 1. The lowest BCUT2D eigenvalue weighted by Crippen LogP contribution is -2.50. The van der Waals surface area contributed by atoms with Gasteiger partial charge in [-0.3, -0.25) is 4.79 Å². The second-order valence-corrected chi connectivity index (χ2v) is 4.03. The minimum atomic E-state index is -2.60. The molecule has 0 saturated heterocycles. The summed E-state index contributed by atoms with van der Waals surface area (Å²) in [5.74, 6) is -2.97. The summed E-state index contributed by atoms with van der Waals surface area (Å²) in [4.78, 5) is 15.1. The average Bonchev–Trinajstić information content (AvgIpc) is 2.51. The highest BCUT2D eigenvalue weighted by Crippen LogP contribution is 2.37. The van der Waals surface area contributed by atoms with Gasteiger partial charge in [-0.2, -0.15) is 0 Å². The van der Waals surface area contributed by atoms with E-state index < -0.39 is 12.0 Å². The van der Waals surface area contributed by atoms with E-state index in [1.165, 1.54) is 16.8 Å². The van der Waals surface area contributed by atoms with Gasteiger partial charge in [0.25, 0.3) is 11.8 Å². The number of amides is 1. The second kappa shape index (κ2) is 3.27. The van der Waals surface area contributed by atoms with Crippen LogP contribution in [0.3, 0.4) is 0 Å². The number of carbonyl (C=O) groups is 1. The first-order valence-electron chi connectivity index (χ1n) is 4.14. The summed E-state index contributed by atoms with van der Waals surface area (Å²) in [5.41, 5.74) is 1.83. The van der Waals surface area contributed by atoms with Crippen molar-refractivity contribution in [1.29, 1.82) is 0 Å². The molecule has 76 valence electrons. The van der Waals surface area contributed by atoms with Crippen molar-refractivity contribution in [2.24, 2.45) is 0 Å². The molecule has 1 saturated carbocycles. The maximum absolute atomic E-state index is 12.4. The third kappa shape index (κ3) is 1.89. The molecule has 1 aromatic rings. The molecule has 1 N–H and O–H groups in total. The molecule has 1 fully saturated rings. The number of hydrogen-bond donors (Lipinski definition) is 1. The van der Waals surface area contributed by atoms with Crippen LogP contribution in [-0.2, 0) is 0 Å². The Balaban J connectivity index is 1.86. The van der Waals surface area contributed by atoms with Crippen molar-refractivity contribution in [3.63, 3.8) is 0 Å². The molecule has 0 spiro atoms. The summed E-state index contributed by atoms with van der Waals surface area (Å²) in [6.45, 7) is 0. The van der Waals surface area contributed by atoms with Crippen molar-refractivity contribution in [1.82, 2.24) is 10.3 Å². The van der Waals surface area contributed by atoms with Gasteiger partial charge in [-0.05, 0) is 0 Å². The van der Waals surface area contributed by atoms with Crippen LogP contribution in [0.2, 0.25) is 0 Å². The molecular weight excluding hydrogens is 210 g/mol. The Kier molecular flexibility index (Phi) is 2.22. The van der Waals surface area contributed by atoms with Gasteiger partial charge in [0.1, 0.15) is 5.69 Å². The van der Waals surface area contributed by atoms with E-state index in [4.69, 9.17) is 0 Å². The maximum atomic E-state index is 12.4. The number of rotatable bonds is 2. The molecule has 1 aromatic heterocycles. The SMILES string of the molecule is O=C(NC1CC(F)(F)C1)c1cscn1. The van der Waals surface area contributed by atoms with Gasteiger partial charge >= 0.3 is 0 Å². The Morgan fingerprint density at radius 1 is 1.64 bits per heavy atom. The van der Waals surface area contributed by atoms with E-state index in [9.17, 15) is 13.6 Å². The van der Waals surface area contributed by atoms with Crippen LogP contribution in [0.4, 0.5) is 8.78 Å². The summed E-state index contributed by atoms with van der Waals surface area (Å²) in [5, 5.41) is 4.09. The van der Waals surface area contributed by atoms with Crippen LogP contribution in [-0.4, -0.2) is 22.9 Å². The topological polar surface area (TPSA) is 42.0 Å². The van der Waals surface area contributed by atoms with Crippen molar-refractivity contribution in [2.45, 2.75) is 24.8 Å². The Morgan fingerprint density at radius 3 is 2.86 bits per heavy atom. The van der Waals surface area contributed by atoms with E-state index in [0.29, 0.717) is 5.69 Å². The zero-order chi connectivity index (χ0) is 10.2. The van der Waals surface area contributed by atoms with Crippen LogP contribution in [0.5, 0.6) is 0 Å². The maximum Gasteiger partial charge on any atom is 0.270 e. The van der Waals surface area contributed by atoms with Crippen LogP contribution in [0, 0.1) is 0 Å². The molecule has 0 aromatic carbocycles. The molecule has 6 heteroatoms. The molecule has 0 radical (unpaired) electrons. The van der Waals surface area contributed by atoms with E-state index >= 15 is 0 Å². The van der Waals surface area contributed by atoms with Crippen molar-refractivity contribution in [3.8, 4) is 0 Å². The van der Waals surface area contributed by atoms with Gasteiger partial charge in [0, 0.05) is 24.3 Å². The summed E-state index contributed by atoms with van der Waals surface area (Å²) in [6, 6.07) is -0.404. The Bertz CT molecular complexity index is 331. The molecule has 0 unspecified atom stereocenters. The predicted octanol–water partition coefficient (Wildman–Crippen LogP) is 1.67. The quantitative estimate of drug-likeness (QED) is 0.820. The average molecular weight is 218 g/mol. The molecular formula is C8H8F2N2OS. The minimum Gasteiger partial charge on any atom is -0.347 e. The second-order valence-electron chi connectivity index (χ2n) is 3.31. The molecule has 0 bridgehead atoms. The van der Waals surface area contributed by atoms with Crippen molar-refractivity contribution in [3.05, 3.63) is 16.6 Å². The number of alkyl halides is 2. The van der Waals surface area contributed by atoms with Crippen LogP contribution < -0.4 is 5.32 Å². The van der Waals surface area contributed by atoms with Crippen molar-refractivity contribution in [2.75, 3.05) is 0 Å². The lowest BCUT2D eigenvalue weighted by Gasteiger charge is -2.35. The predicted molar refractivity (Wildman–Crippen MR) is 47.5 cm³/mol. The molecule has 0 atom stereocenters. The highest BCUT2D eigenvalue weighted by atomic mass is 32.1. The summed E-state index contributed by atoms with van der Waals surface area (Å²) < 4.78 is 24.8. The molecule has 1 aliphatic rings. The van der Waals surface area contributed by atoms with Crippen molar-refractivity contribution < 1.29 is 13.6 Å². The third-order valence-corrected chi connectivity index (χ3v) is 2.68. The van der Waals surface area contributed by atoms with Gasteiger partial charge < -0.3 is 5.32 Å². The Labute approximate surface area is 83.2 Å². The number of thiazole rings is 1. The lowest BCUT2D eigenvalue weighted by atomic mass is 9.88. The fraction of sp³-hybridized carbons (Fsp3) is 0.500. The van der Waals surface area contributed by atoms with E-state index in [1.807, 2.05) is 0 Å². The Hall–Kier alpha value is -1.04. The summed E-state index contributed by atoms with van der Waals surface area (Å²) in [7, 11) is 0. The van der Waals surface area contributed by atoms with Crippen LogP contribution >= 0.6 is 11.3 Å². The van der Waals surface area contributed by atoms with E-state index in [1.54, 1.807) is 5.38 Å². The van der Waals surface area contributed by atoms with Crippen LogP contribution in [0.15, 0.2) is 10.9 Å². The highest BCUT2D eigenvalue weighted by Gasteiger charge is 2.46. The zero-order valence-electron chi connectivity index (χ0n) is 7.17. The molecule has 0 aliphatic heterocycles. The molecule has 1 amide bonds. The van der Waals surface area contributed by atoms with Crippen LogP contribution in [0.25, 0.3) is 0 Å². The fourth-order valence-electron chi connectivity index (χ4n) is 1.35. The first-order chi connectivity index (χ1) is 6.57. The lowest BCUT2D eigenvalue weighted by molar-refractivity contribution is -0.0901. The largest absolute Gasteiger partial charge is 0.347 e. The monoisotopic (exact) mass is 218 g/mol. The molecule has 2 rings (SSSR count). The van der Waals surface area contributed by atoms with Gasteiger partial charge in [-0.15, -0.1) is 11.3 Å². The van der Waals surface area contributed by atoms with Gasteiger partial charge in [-0.25, -0.2) is 13.8 Å². The number of nitrogens with one attached hydrogen (secondary N) is 1. The standard InChI is InChI=1S/C8H8F2N2OS/c9-8(10)1-5(2-8)12-7(13)6-3-14-4-11-6/h3-5H,1-2H2,(H,12,13). The van der Waals surface area contributed by atoms with E-state index in [-0.39, 0.29) is 18.7 Å². The molecule has 14 heavy (non-hydrogen) atoms. The first-order valence-corrected chi connectivity index (χ1v) is 5.08. The number of halogens is 2. The van der Waals surface area contributed by atoms with Gasteiger partial charge in [-0.1, -0.05) is 0 Å². The fourth-order valence-corrected chi connectivity index (χ4v) is 1.88. The smallest absolute Gasteiger partial charge is 0.270 e. The molecule has 1 heterocycles. The summed E-state index contributed by atoms with van der Waals surface area (Å²) >= 11 is 1.30. The third-order valence-electron chi connectivity index (χ3n) is 2.09. The molecule has 1 aliphatic carbocycles. The zero-order valence-corrected chi connectivity index (χ0v) is 7.98. The van der Waals surface area contributed by atoms with Gasteiger partial charge in [0.15, 0.2) is 0 Å². The number of hydrogen-bond acceptors (Lipinski definition) is 3. The minimum absolute atomic E-state index is 0.261. The van der Waals surface area contributed by atoms with Gasteiger partial charge in [0.2, 0.25) is 0 Å². The highest BCUT2D eigenvalue weighted by molar-refractivity contribution is 7.07. The number of nitrogens with zero attached hydrogens (tertiary/aromatic N) is 1. The normalized spacial score (nSPS) is 20.1.